The molecule has 56 heavy (non-hydrogen) atoms. The van der Waals surface area contributed by atoms with E-state index in [2.05, 4.69) is 19.9 Å². The summed E-state index contributed by atoms with van der Waals surface area (Å²) in [4.78, 5) is 40.5. The van der Waals surface area contributed by atoms with E-state index >= 15 is 0 Å². The number of ether oxygens (including phenoxy) is 3. The van der Waals surface area contributed by atoms with E-state index in [0.717, 1.165) is 19.3 Å². The van der Waals surface area contributed by atoms with Crippen LogP contribution in [0.25, 0.3) is 0 Å². The summed E-state index contributed by atoms with van der Waals surface area (Å²) in [6.45, 7) is 19.1. The smallest absolute Gasteiger partial charge is 0.330 e. The molecule has 11 nitrogen and oxygen atoms in total. The number of carbonyl (C=O) groups excluding carboxylic acids is 3. The monoisotopic (exact) mass is 791 g/mol. The second kappa shape index (κ2) is 20.6. The van der Waals surface area contributed by atoms with Gasteiger partial charge < -0.3 is 39.7 Å². The van der Waals surface area contributed by atoms with Gasteiger partial charge in [0.15, 0.2) is 11.6 Å². The summed E-state index contributed by atoms with van der Waals surface area (Å²) in [6.07, 6.45) is 9.62. The lowest BCUT2D eigenvalue weighted by Crippen LogP contribution is -2.62. The Morgan fingerprint density at radius 1 is 0.839 bits per heavy atom. The van der Waals surface area contributed by atoms with E-state index in [-0.39, 0.29) is 35.9 Å². The Balaban J connectivity index is 1.99. The van der Waals surface area contributed by atoms with Crippen LogP contribution in [0.4, 0.5) is 0 Å². The first kappa shape index (κ1) is 48.1. The van der Waals surface area contributed by atoms with Gasteiger partial charge in [-0.1, -0.05) is 92.7 Å². The third kappa shape index (κ3) is 11.5. The summed E-state index contributed by atoms with van der Waals surface area (Å²) in [5.74, 6) is -7.28. The molecule has 1 spiro atoms. The molecule has 0 amide bonds. The van der Waals surface area contributed by atoms with Crippen molar-refractivity contribution in [1.82, 2.24) is 0 Å². The van der Waals surface area contributed by atoms with Crippen LogP contribution in [0, 0.1) is 53.3 Å². The highest BCUT2D eigenvalue weighted by molar-refractivity contribution is 5.91. The number of rotatable bonds is 3. The summed E-state index contributed by atoms with van der Waals surface area (Å²) >= 11 is 0. The summed E-state index contributed by atoms with van der Waals surface area (Å²) < 4.78 is 20.0. The van der Waals surface area contributed by atoms with Gasteiger partial charge in [0, 0.05) is 48.0 Å². The third-order valence-electron chi connectivity index (χ3n) is 13.4. The lowest BCUT2D eigenvalue weighted by molar-refractivity contribution is -0.371. The van der Waals surface area contributed by atoms with Gasteiger partial charge in [0.05, 0.1) is 36.6 Å². The van der Waals surface area contributed by atoms with E-state index in [0.29, 0.717) is 25.7 Å². The van der Waals surface area contributed by atoms with E-state index in [1.54, 1.807) is 20.8 Å². The molecule has 3 heterocycles. The lowest BCUT2D eigenvalue weighted by atomic mass is 9.74. The number of aliphatic hydroxyl groups excluding tert-OH is 4. The second-order valence-corrected chi connectivity index (χ2v) is 18.0. The van der Waals surface area contributed by atoms with E-state index in [4.69, 9.17) is 14.2 Å². The fourth-order valence-electron chi connectivity index (χ4n) is 9.01. The van der Waals surface area contributed by atoms with E-state index < -0.39 is 89.0 Å². The Labute approximate surface area is 336 Å². The van der Waals surface area contributed by atoms with Gasteiger partial charge in [0.1, 0.15) is 17.5 Å². The fraction of sp³-hybridized carbons (Fsp3) is 0.800. The maximum Gasteiger partial charge on any atom is 0.330 e. The number of hydrogen-bond acceptors (Lipinski definition) is 11. The van der Waals surface area contributed by atoms with Gasteiger partial charge in [-0.2, -0.15) is 0 Å². The SMILES string of the molecule is CCC1/C=C/C=C/C[C@@H](C)[C@H](O)[C@@](C)(O)C(=O)[C@@H](C)[C@H](O)[C@@H](C)C(=O)[C@@H](C)[C@H](O)[C@@H](C)/C=C/C(=O)O[C@@H]2[C@H](C)[C@H](CC1)O[C@]1(CC[C@H](C)[C@H](C[C@@H](C)O)O1)[C@H]2C. The van der Waals surface area contributed by atoms with Crippen molar-refractivity contribution in [3.05, 3.63) is 36.5 Å². The minimum absolute atomic E-state index is 0.168. The van der Waals surface area contributed by atoms with E-state index in [9.17, 15) is 39.9 Å². The molecule has 2 bridgehead atoms. The first-order chi connectivity index (χ1) is 26.1. The predicted molar refractivity (Wildman–Crippen MR) is 215 cm³/mol. The zero-order valence-electron chi connectivity index (χ0n) is 35.8. The Kier molecular flexibility index (Phi) is 17.7. The van der Waals surface area contributed by atoms with Crippen molar-refractivity contribution >= 4 is 17.5 Å². The van der Waals surface area contributed by atoms with Gasteiger partial charge in [-0.25, -0.2) is 4.79 Å². The summed E-state index contributed by atoms with van der Waals surface area (Å²) in [5.41, 5.74) is -2.18. The van der Waals surface area contributed by atoms with Crippen LogP contribution < -0.4 is 0 Å². The molecule has 5 N–H and O–H groups in total. The number of fused-ring (bicyclic) bond motifs is 2. The van der Waals surface area contributed by atoms with E-state index in [1.165, 1.54) is 39.8 Å². The minimum atomic E-state index is -2.18. The average molecular weight is 791 g/mol. The standard InChI is InChI=1S/C45H74O11/c1-12-34-17-15-13-14-16-27(4)42(51)44(11,53)43(52)32(9)40(50)31(8)39(49)30(7)38(48)26(3)18-21-37(47)54-41-29(6)35(20-19-34)55-45(33(41)10)23-22-25(2)36(56-45)24-28(5)46/h13-15,17-18,21,25-36,38,40-42,46,48,50-51,53H,12,16,19-20,22-24H2,1-11H3/b14-13+,17-15+,21-18+/t25-,26-,27+,28+,29+,30-,31-,32-,33-,34?,35-,36-,38+,40+,41+,42-,44+,45-/m0/s1. The molecule has 2 fully saturated rings. The van der Waals surface area contributed by atoms with Crippen LogP contribution in [-0.4, -0.2) is 97.2 Å². The minimum Gasteiger partial charge on any atom is -0.458 e. The number of esters is 1. The molecule has 0 saturated carbocycles. The van der Waals surface area contributed by atoms with Crippen LogP contribution in [0.5, 0.6) is 0 Å². The Morgan fingerprint density at radius 2 is 1.48 bits per heavy atom. The Morgan fingerprint density at radius 3 is 2.11 bits per heavy atom. The van der Waals surface area contributed by atoms with Crippen LogP contribution in [0.3, 0.4) is 0 Å². The summed E-state index contributed by atoms with van der Waals surface area (Å²) in [5, 5.41) is 55.0. The van der Waals surface area contributed by atoms with Gasteiger partial charge in [-0.3, -0.25) is 9.59 Å². The van der Waals surface area contributed by atoms with E-state index in [1.807, 2.05) is 32.1 Å². The maximum absolute atomic E-state index is 13.5. The number of aliphatic hydroxyl groups is 5. The lowest BCUT2D eigenvalue weighted by Gasteiger charge is -2.55. The van der Waals surface area contributed by atoms with Gasteiger partial charge in [0.2, 0.25) is 0 Å². The number of allylic oxidation sites excluding steroid dienone is 4. The zero-order valence-corrected chi connectivity index (χ0v) is 35.8. The van der Waals surface area contributed by atoms with Crippen molar-refractivity contribution < 1.29 is 54.1 Å². The molecule has 3 rings (SSSR count). The molecular weight excluding hydrogens is 716 g/mol. The van der Waals surface area contributed by atoms with Crippen molar-refractivity contribution in [1.29, 1.82) is 0 Å². The van der Waals surface area contributed by atoms with Gasteiger partial charge in [-0.05, 0) is 70.1 Å². The number of Topliss-reactive ketones (excluding diaryl/α,β-unsaturated/α-hetero) is 2. The normalized spacial score (nSPS) is 46.8. The van der Waals surface area contributed by atoms with Crippen LogP contribution in [-0.2, 0) is 28.6 Å². The molecule has 2 saturated heterocycles. The highest BCUT2D eigenvalue weighted by Crippen LogP contribution is 2.49. The zero-order chi connectivity index (χ0) is 42.3. The van der Waals surface area contributed by atoms with Crippen LogP contribution in [0.15, 0.2) is 36.5 Å². The molecule has 0 aromatic rings. The predicted octanol–water partition coefficient (Wildman–Crippen LogP) is 5.88. The van der Waals surface area contributed by atoms with Crippen molar-refractivity contribution in [2.45, 2.75) is 175 Å². The molecule has 1 unspecified atom stereocenters. The Hall–Kier alpha value is -2.25. The molecule has 3 aliphatic heterocycles. The van der Waals surface area contributed by atoms with Crippen molar-refractivity contribution in [2.75, 3.05) is 0 Å². The van der Waals surface area contributed by atoms with Gasteiger partial charge in [0.25, 0.3) is 0 Å². The summed E-state index contributed by atoms with van der Waals surface area (Å²) in [6, 6.07) is 0. The molecular formula is C45H74O11. The third-order valence-corrected chi connectivity index (χ3v) is 13.4. The van der Waals surface area contributed by atoms with Crippen LogP contribution in [0.1, 0.15) is 121 Å². The second-order valence-electron chi connectivity index (χ2n) is 18.0. The first-order valence-electron chi connectivity index (χ1n) is 21.2. The fourth-order valence-corrected chi connectivity index (χ4v) is 9.01. The molecule has 0 aliphatic carbocycles. The highest BCUT2D eigenvalue weighted by Gasteiger charge is 2.56. The maximum atomic E-state index is 13.5. The molecule has 0 aromatic heterocycles. The molecule has 320 valence electrons. The molecule has 18 atom stereocenters. The largest absolute Gasteiger partial charge is 0.458 e. The van der Waals surface area contributed by atoms with Crippen LogP contribution in [0.2, 0.25) is 0 Å². The van der Waals surface area contributed by atoms with Crippen molar-refractivity contribution in [2.24, 2.45) is 53.3 Å². The van der Waals surface area contributed by atoms with Crippen LogP contribution >= 0.6 is 0 Å². The summed E-state index contributed by atoms with van der Waals surface area (Å²) in [7, 11) is 0. The molecule has 0 radical (unpaired) electrons. The van der Waals surface area contributed by atoms with Gasteiger partial charge in [-0.15, -0.1) is 0 Å². The quantitative estimate of drug-likeness (QED) is 0.216. The van der Waals surface area contributed by atoms with Crippen molar-refractivity contribution in [3.8, 4) is 0 Å². The topological polar surface area (TPSA) is 180 Å². The first-order valence-corrected chi connectivity index (χ1v) is 21.2. The molecule has 0 aromatic carbocycles. The van der Waals surface area contributed by atoms with Gasteiger partial charge >= 0.3 is 5.97 Å². The van der Waals surface area contributed by atoms with Crippen molar-refractivity contribution in [3.63, 3.8) is 0 Å². The number of hydrogen-bond donors (Lipinski definition) is 5. The number of carbonyl (C=O) groups is 3. The average Bonchev–Trinajstić information content (AvgIpc) is 3.16. The highest BCUT2D eigenvalue weighted by atomic mass is 16.7. The Bertz CT molecular complexity index is 1390. The molecule has 3 aliphatic rings. The number of ketones is 2. The molecule has 11 heteroatoms.